The number of carbonyl (C=O) groups excluding carboxylic acids is 1. The van der Waals surface area contributed by atoms with Crippen LogP contribution in [0.3, 0.4) is 0 Å². The normalized spacial score (nSPS) is 10.4. The van der Waals surface area contributed by atoms with Gasteiger partial charge in [-0.1, -0.05) is 22.0 Å². The van der Waals surface area contributed by atoms with E-state index in [9.17, 15) is 4.79 Å². The van der Waals surface area contributed by atoms with Gasteiger partial charge in [-0.05, 0) is 12.1 Å². The van der Waals surface area contributed by atoms with Crippen LogP contribution in [0.2, 0.25) is 0 Å². The van der Waals surface area contributed by atoms with Gasteiger partial charge < -0.3 is 20.5 Å². The molecule has 1 rings (SSSR count). The average Bonchev–Trinajstić information content (AvgIpc) is 2.34. The second-order valence-electron chi connectivity index (χ2n) is 3.59. The van der Waals surface area contributed by atoms with Gasteiger partial charge in [-0.3, -0.25) is 4.79 Å². The summed E-state index contributed by atoms with van der Waals surface area (Å²) in [7, 11) is 1.61. The van der Waals surface area contributed by atoms with Crippen molar-refractivity contribution in [2.45, 2.75) is 6.61 Å². The third-order valence-corrected chi connectivity index (χ3v) is 2.92. The number of nitrogens with one attached hydrogen (secondary N) is 1. The maximum atomic E-state index is 11.6. The summed E-state index contributed by atoms with van der Waals surface area (Å²) in [5.74, 6) is -0.209. The quantitative estimate of drug-likeness (QED) is 0.748. The molecule has 6 heteroatoms. The highest BCUT2D eigenvalue weighted by atomic mass is 79.9. The van der Waals surface area contributed by atoms with Crippen molar-refractivity contribution in [3.63, 3.8) is 0 Å². The molecule has 0 aromatic heterocycles. The van der Waals surface area contributed by atoms with Crippen molar-refractivity contribution >= 4 is 27.5 Å². The van der Waals surface area contributed by atoms with E-state index in [2.05, 4.69) is 21.2 Å². The van der Waals surface area contributed by atoms with Crippen LogP contribution in [0.1, 0.15) is 5.56 Å². The number of hydrogen-bond donors (Lipinski definition) is 2. The fraction of sp³-hybridized carbons (Fsp3) is 0.417. The number of halogens is 1. The molecular weight excluding hydrogens is 300 g/mol. The van der Waals surface area contributed by atoms with Crippen molar-refractivity contribution in [2.24, 2.45) is 5.73 Å². The number of anilines is 1. The molecule has 0 saturated heterocycles. The lowest BCUT2D eigenvalue weighted by molar-refractivity contribution is -0.120. The van der Waals surface area contributed by atoms with Gasteiger partial charge in [-0.25, -0.2) is 0 Å². The molecule has 5 nitrogen and oxygen atoms in total. The zero-order valence-electron chi connectivity index (χ0n) is 10.2. The lowest BCUT2D eigenvalue weighted by Crippen LogP contribution is -2.21. The molecule has 18 heavy (non-hydrogen) atoms. The van der Waals surface area contributed by atoms with Crippen LogP contribution in [-0.2, 0) is 20.9 Å². The fourth-order valence-electron chi connectivity index (χ4n) is 1.40. The molecule has 0 heterocycles. The molecule has 3 N–H and O–H groups in total. The Labute approximate surface area is 115 Å². The number of nitrogens with two attached hydrogens (primary N) is 1. The minimum atomic E-state index is -0.209. The Morgan fingerprint density at radius 1 is 1.50 bits per heavy atom. The third kappa shape index (κ3) is 4.73. The summed E-state index contributed by atoms with van der Waals surface area (Å²) in [4.78, 5) is 11.6. The molecule has 0 aliphatic rings. The predicted molar refractivity (Wildman–Crippen MR) is 73.4 cm³/mol. The number of rotatable bonds is 7. The maximum absolute atomic E-state index is 11.6. The molecule has 0 aliphatic carbocycles. The molecule has 0 aliphatic heterocycles. The van der Waals surface area contributed by atoms with Gasteiger partial charge in [0, 0.05) is 29.4 Å². The minimum absolute atomic E-state index is 0.00383. The molecule has 0 radical (unpaired) electrons. The van der Waals surface area contributed by atoms with Crippen LogP contribution in [0.4, 0.5) is 5.69 Å². The zero-order chi connectivity index (χ0) is 13.4. The van der Waals surface area contributed by atoms with E-state index in [1.165, 1.54) is 0 Å². The highest BCUT2D eigenvalue weighted by Gasteiger charge is 2.09. The molecule has 1 aromatic carbocycles. The van der Waals surface area contributed by atoms with E-state index in [0.29, 0.717) is 25.4 Å². The van der Waals surface area contributed by atoms with Gasteiger partial charge in [0.25, 0.3) is 0 Å². The lowest BCUT2D eigenvalue weighted by atomic mass is 10.2. The Morgan fingerprint density at radius 3 is 2.94 bits per heavy atom. The third-order valence-electron chi connectivity index (χ3n) is 2.18. The molecule has 0 atom stereocenters. The predicted octanol–water partition coefficient (Wildman–Crippen LogP) is 1.51. The van der Waals surface area contributed by atoms with Crippen molar-refractivity contribution < 1.29 is 14.3 Å². The lowest BCUT2D eigenvalue weighted by Gasteiger charge is -2.12. The average molecular weight is 317 g/mol. The number of hydrogen-bond acceptors (Lipinski definition) is 4. The molecule has 0 unspecified atom stereocenters. The monoisotopic (exact) mass is 316 g/mol. The maximum Gasteiger partial charge on any atom is 0.250 e. The van der Waals surface area contributed by atoms with E-state index in [1.54, 1.807) is 7.11 Å². The van der Waals surface area contributed by atoms with Crippen molar-refractivity contribution in [2.75, 3.05) is 32.2 Å². The summed E-state index contributed by atoms with van der Waals surface area (Å²) in [6.45, 7) is 1.19. The Bertz CT molecular complexity index is 399. The summed E-state index contributed by atoms with van der Waals surface area (Å²) in [5, 5.41) is 2.78. The Kier molecular flexibility index (Phi) is 6.89. The first kappa shape index (κ1) is 15.1. The van der Waals surface area contributed by atoms with Gasteiger partial charge in [0.1, 0.15) is 6.61 Å². The fourth-order valence-corrected chi connectivity index (χ4v) is 1.88. The SMILES string of the molecule is COCc1c(Br)cccc1NC(=O)COCCN. The Hall–Kier alpha value is -0.950. The van der Waals surface area contributed by atoms with E-state index in [0.717, 1.165) is 10.0 Å². The molecule has 0 spiro atoms. The molecule has 0 saturated carbocycles. The second-order valence-corrected chi connectivity index (χ2v) is 4.44. The van der Waals surface area contributed by atoms with Gasteiger partial charge >= 0.3 is 0 Å². The Morgan fingerprint density at radius 2 is 2.28 bits per heavy atom. The van der Waals surface area contributed by atoms with Crippen LogP contribution in [0.15, 0.2) is 22.7 Å². The summed E-state index contributed by atoms with van der Waals surface area (Å²) in [5.41, 5.74) is 6.88. The Balaban J connectivity index is 2.65. The van der Waals surface area contributed by atoms with E-state index in [4.69, 9.17) is 15.2 Å². The van der Waals surface area contributed by atoms with E-state index in [1.807, 2.05) is 18.2 Å². The topological polar surface area (TPSA) is 73.6 Å². The van der Waals surface area contributed by atoms with Crippen LogP contribution in [-0.4, -0.2) is 32.8 Å². The van der Waals surface area contributed by atoms with Crippen LogP contribution >= 0.6 is 15.9 Å². The number of methoxy groups -OCH3 is 1. The summed E-state index contributed by atoms with van der Waals surface area (Å²) >= 11 is 3.42. The first-order valence-corrected chi connectivity index (χ1v) is 6.32. The largest absolute Gasteiger partial charge is 0.380 e. The first-order valence-electron chi connectivity index (χ1n) is 5.53. The summed E-state index contributed by atoms with van der Waals surface area (Å²) in [6.07, 6.45) is 0. The molecule has 0 fully saturated rings. The summed E-state index contributed by atoms with van der Waals surface area (Å²) in [6, 6.07) is 5.56. The number of carbonyl (C=O) groups is 1. The van der Waals surface area contributed by atoms with Gasteiger partial charge in [0.15, 0.2) is 0 Å². The van der Waals surface area contributed by atoms with Crippen molar-refractivity contribution in [3.05, 3.63) is 28.2 Å². The number of benzene rings is 1. The van der Waals surface area contributed by atoms with E-state index in [-0.39, 0.29) is 12.5 Å². The smallest absolute Gasteiger partial charge is 0.250 e. The van der Waals surface area contributed by atoms with Crippen LogP contribution in [0.5, 0.6) is 0 Å². The van der Waals surface area contributed by atoms with Crippen molar-refractivity contribution in [1.29, 1.82) is 0 Å². The van der Waals surface area contributed by atoms with Crippen molar-refractivity contribution in [3.8, 4) is 0 Å². The first-order chi connectivity index (χ1) is 8.69. The summed E-state index contributed by atoms with van der Waals surface area (Å²) < 4.78 is 11.1. The minimum Gasteiger partial charge on any atom is -0.380 e. The van der Waals surface area contributed by atoms with Gasteiger partial charge in [0.2, 0.25) is 5.91 Å². The van der Waals surface area contributed by atoms with Crippen LogP contribution in [0.25, 0.3) is 0 Å². The highest BCUT2D eigenvalue weighted by Crippen LogP contribution is 2.25. The molecular formula is C12H17BrN2O3. The van der Waals surface area contributed by atoms with Crippen molar-refractivity contribution in [1.82, 2.24) is 0 Å². The van der Waals surface area contributed by atoms with E-state index < -0.39 is 0 Å². The molecule has 1 aromatic rings. The second kappa shape index (κ2) is 8.20. The van der Waals surface area contributed by atoms with Crippen LogP contribution < -0.4 is 11.1 Å². The molecule has 100 valence electrons. The van der Waals surface area contributed by atoms with Crippen LogP contribution in [0, 0.1) is 0 Å². The van der Waals surface area contributed by atoms with Gasteiger partial charge in [-0.2, -0.15) is 0 Å². The standard InChI is InChI=1S/C12H17BrN2O3/c1-17-7-9-10(13)3-2-4-11(9)15-12(16)8-18-6-5-14/h2-4H,5-8,14H2,1H3,(H,15,16). The van der Waals surface area contributed by atoms with Gasteiger partial charge in [0.05, 0.1) is 13.2 Å². The number of ether oxygens (including phenoxy) is 2. The van der Waals surface area contributed by atoms with E-state index >= 15 is 0 Å². The van der Waals surface area contributed by atoms with Gasteiger partial charge in [-0.15, -0.1) is 0 Å². The number of amides is 1. The molecule has 1 amide bonds. The zero-order valence-corrected chi connectivity index (χ0v) is 11.8. The highest BCUT2D eigenvalue weighted by molar-refractivity contribution is 9.10. The molecule has 0 bridgehead atoms.